The molecule has 2 aromatic rings. The first-order valence-corrected chi connectivity index (χ1v) is 7.43. The van der Waals surface area contributed by atoms with E-state index in [1.807, 2.05) is 57.2 Å². The molecule has 1 atom stereocenters. The van der Waals surface area contributed by atoms with E-state index in [2.05, 4.69) is 4.98 Å². The molecule has 0 aliphatic rings. The van der Waals surface area contributed by atoms with Gasteiger partial charge in [0.15, 0.2) is 0 Å². The lowest BCUT2D eigenvalue weighted by atomic mass is 10.2. The van der Waals surface area contributed by atoms with Crippen molar-refractivity contribution in [3.8, 4) is 0 Å². The third-order valence-electron chi connectivity index (χ3n) is 3.66. The molecule has 2 rings (SSSR count). The molecule has 0 N–H and O–H groups in total. The van der Waals surface area contributed by atoms with E-state index in [4.69, 9.17) is 4.74 Å². The highest BCUT2D eigenvalue weighted by atomic mass is 16.5. The fourth-order valence-corrected chi connectivity index (χ4v) is 2.38. The molecule has 0 radical (unpaired) electrons. The van der Waals surface area contributed by atoms with E-state index >= 15 is 0 Å². The summed E-state index contributed by atoms with van der Waals surface area (Å²) in [5.74, 6) is 0.639. The van der Waals surface area contributed by atoms with Crippen LogP contribution in [0.1, 0.15) is 38.3 Å². The Kier molecular flexibility index (Phi) is 5.33. The molecule has 4 nitrogen and oxygen atoms in total. The largest absolute Gasteiger partial charge is 0.366 e. The zero-order valence-corrected chi connectivity index (χ0v) is 13.5. The Morgan fingerprint density at radius 3 is 2.55 bits per heavy atom. The Balaban J connectivity index is 2.33. The summed E-state index contributed by atoms with van der Waals surface area (Å²) in [6.45, 7) is 6.14. The van der Waals surface area contributed by atoms with E-state index in [0.29, 0.717) is 23.0 Å². The monoisotopic (exact) mass is 296 g/mol. The standard InChI is InChI=1S/C17H21BN2O2/c1-4-14-15(5-2)19-16(20(18)17(14)21)12(3)22-11-13-9-7-6-8-10-13/h4-10,12H,11,18H2,1-3H3/b14-4+,15-5+/t12-/m0/s1. The number of benzene rings is 1. The second-order valence-electron chi connectivity index (χ2n) is 5.15. The van der Waals surface area contributed by atoms with Crippen LogP contribution in [0.4, 0.5) is 0 Å². The first-order chi connectivity index (χ1) is 10.6. The average molecular weight is 296 g/mol. The van der Waals surface area contributed by atoms with Crippen molar-refractivity contribution in [1.82, 2.24) is 9.46 Å². The van der Waals surface area contributed by atoms with Crippen LogP contribution in [0.2, 0.25) is 0 Å². The van der Waals surface area contributed by atoms with Crippen molar-refractivity contribution in [2.45, 2.75) is 33.5 Å². The van der Waals surface area contributed by atoms with Crippen LogP contribution in [0.25, 0.3) is 12.2 Å². The predicted octanol–water partition coefficient (Wildman–Crippen LogP) is 0.518. The smallest absolute Gasteiger partial charge is 0.248 e. The molecule has 5 heteroatoms. The summed E-state index contributed by atoms with van der Waals surface area (Å²) in [5.41, 5.74) is 1.05. The molecule has 22 heavy (non-hydrogen) atoms. The lowest BCUT2D eigenvalue weighted by molar-refractivity contribution is 0.0454. The Morgan fingerprint density at radius 2 is 1.95 bits per heavy atom. The van der Waals surface area contributed by atoms with Gasteiger partial charge in [-0.1, -0.05) is 42.5 Å². The highest BCUT2D eigenvalue weighted by molar-refractivity contribution is 6.06. The molecule has 0 amide bonds. The molecule has 0 saturated carbocycles. The van der Waals surface area contributed by atoms with Crippen molar-refractivity contribution in [2.75, 3.05) is 0 Å². The summed E-state index contributed by atoms with van der Waals surface area (Å²) >= 11 is 0. The van der Waals surface area contributed by atoms with E-state index in [-0.39, 0.29) is 11.7 Å². The summed E-state index contributed by atoms with van der Waals surface area (Å²) in [4.78, 5) is 17.0. The molecular formula is C17H21BN2O2. The first-order valence-electron chi connectivity index (χ1n) is 7.43. The van der Waals surface area contributed by atoms with Crippen LogP contribution in [-0.4, -0.2) is 17.4 Å². The second kappa shape index (κ2) is 7.23. The number of hydrogen-bond donors (Lipinski definition) is 0. The van der Waals surface area contributed by atoms with Gasteiger partial charge in [-0.15, -0.1) is 0 Å². The van der Waals surface area contributed by atoms with Gasteiger partial charge >= 0.3 is 0 Å². The molecule has 1 heterocycles. The van der Waals surface area contributed by atoms with Crippen molar-refractivity contribution in [3.63, 3.8) is 0 Å². The van der Waals surface area contributed by atoms with Crippen molar-refractivity contribution in [3.05, 3.63) is 62.6 Å². The minimum atomic E-state index is -0.262. The van der Waals surface area contributed by atoms with Gasteiger partial charge in [-0.05, 0) is 26.3 Å². The van der Waals surface area contributed by atoms with E-state index < -0.39 is 0 Å². The van der Waals surface area contributed by atoms with Crippen LogP contribution < -0.4 is 16.1 Å². The Bertz CT molecular complexity index is 813. The van der Waals surface area contributed by atoms with Crippen molar-refractivity contribution in [1.29, 1.82) is 0 Å². The normalized spacial score (nSPS) is 14.3. The molecular weight excluding hydrogens is 275 g/mol. The summed E-state index contributed by atoms with van der Waals surface area (Å²) in [6.07, 6.45) is 3.39. The highest BCUT2D eigenvalue weighted by Crippen LogP contribution is 2.13. The maximum Gasteiger partial charge on any atom is 0.248 e. The van der Waals surface area contributed by atoms with Gasteiger partial charge in [-0.2, -0.15) is 0 Å². The fourth-order valence-electron chi connectivity index (χ4n) is 2.38. The topological polar surface area (TPSA) is 44.1 Å². The second-order valence-corrected chi connectivity index (χ2v) is 5.15. The van der Waals surface area contributed by atoms with Gasteiger partial charge < -0.3 is 9.21 Å². The molecule has 0 aliphatic carbocycles. The zero-order valence-electron chi connectivity index (χ0n) is 13.5. The Hall–Kier alpha value is -2.14. The molecule has 0 fully saturated rings. The minimum Gasteiger partial charge on any atom is -0.366 e. The highest BCUT2D eigenvalue weighted by Gasteiger charge is 2.13. The van der Waals surface area contributed by atoms with Crippen LogP contribution >= 0.6 is 0 Å². The molecule has 114 valence electrons. The van der Waals surface area contributed by atoms with Gasteiger partial charge in [0.1, 0.15) is 11.9 Å². The third kappa shape index (κ3) is 3.36. The lowest BCUT2D eigenvalue weighted by Crippen LogP contribution is -2.48. The molecule has 1 aromatic heterocycles. The molecule has 0 bridgehead atoms. The summed E-state index contributed by atoms with van der Waals surface area (Å²) in [5, 5.41) is 1.33. The minimum absolute atomic E-state index is 0.0456. The lowest BCUT2D eigenvalue weighted by Gasteiger charge is -2.16. The van der Waals surface area contributed by atoms with Crippen molar-refractivity contribution < 1.29 is 4.74 Å². The number of ether oxygens (including phenoxy) is 1. The van der Waals surface area contributed by atoms with Crippen LogP contribution in [0.15, 0.2) is 35.1 Å². The predicted molar refractivity (Wildman–Crippen MR) is 91.6 cm³/mol. The number of aromatic nitrogens is 2. The quantitative estimate of drug-likeness (QED) is 0.773. The maximum atomic E-state index is 12.4. The molecule has 0 aliphatic heterocycles. The summed E-state index contributed by atoms with van der Waals surface area (Å²) < 4.78 is 7.44. The zero-order chi connectivity index (χ0) is 16.1. The average Bonchev–Trinajstić information content (AvgIpc) is 2.55. The molecule has 1 aromatic carbocycles. The van der Waals surface area contributed by atoms with Gasteiger partial charge in [-0.25, -0.2) is 4.98 Å². The van der Waals surface area contributed by atoms with Crippen molar-refractivity contribution >= 4 is 20.1 Å². The van der Waals surface area contributed by atoms with Gasteiger partial charge in [0.2, 0.25) is 13.5 Å². The van der Waals surface area contributed by atoms with Crippen LogP contribution in [0.3, 0.4) is 0 Å². The number of nitrogens with zero attached hydrogens (tertiary/aromatic N) is 2. The molecule has 0 unspecified atom stereocenters. The van der Waals surface area contributed by atoms with E-state index in [9.17, 15) is 4.79 Å². The molecule has 0 spiro atoms. The van der Waals surface area contributed by atoms with Crippen LogP contribution in [-0.2, 0) is 11.3 Å². The maximum absolute atomic E-state index is 12.4. The van der Waals surface area contributed by atoms with E-state index in [0.717, 1.165) is 5.56 Å². The number of rotatable bonds is 4. The van der Waals surface area contributed by atoms with E-state index in [1.54, 1.807) is 18.5 Å². The van der Waals surface area contributed by atoms with Gasteiger partial charge in [0.25, 0.3) is 0 Å². The van der Waals surface area contributed by atoms with Gasteiger partial charge in [0.05, 0.1) is 17.2 Å². The SMILES string of the molecule is Bn1c([C@H](C)OCc2ccccc2)nc(=C/C)/c(=C\C)c1=O. The first kappa shape index (κ1) is 16.2. The Labute approximate surface area is 131 Å². The van der Waals surface area contributed by atoms with Gasteiger partial charge in [-0.3, -0.25) is 4.79 Å². The van der Waals surface area contributed by atoms with Gasteiger partial charge in [0, 0.05) is 0 Å². The fraction of sp³-hybridized carbons (Fsp3) is 0.294. The Morgan fingerprint density at radius 1 is 1.27 bits per heavy atom. The summed E-state index contributed by atoms with van der Waals surface area (Å²) in [6, 6.07) is 9.96. The number of hydrogen-bond acceptors (Lipinski definition) is 3. The molecule has 0 saturated heterocycles. The van der Waals surface area contributed by atoms with Crippen molar-refractivity contribution in [2.24, 2.45) is 0 Å². The van der Waals surface area contributed by atoms with E-state index in [1.165, 1.54) is 0 Å². The third-order valence-corrected chi connectivity index (χ3v) is 3.66. The van der Waals surface area contributed by atoms with Crippen LogP contribution in [0.5, 0.6) is 0 Å². The summed E-state index contributed by atoms with van der Waals surface area (Å²) in [7, 11) is 1.74. The van der Waals surface area contributed by atoms with Crippen LogP contribution in [0, 0.1) is 0 Å².